The maximum Gasteiger partial charge on any atom is 0.261 e. The first-order valence-corrected chi connectivity index (χ1v) is 5.60. The van der Waals surface area contributed by atoms with Gasteiger partial charge in [0.05, 0.1) is 11.9 Å². The summed E-state index contributed by atoms with van der Waals surface area (Å²) in [6.07, 6.45) is 6.13. The first-order valence-electron chi connectivity index (χ1n) is 5.60. The SMILES string of the molecule is CC(C)n1cc(NC(=O)c2c[nH]ccc2=O)cn1. The van der Waals surface area contributed by atoms with Crippen LogP contribution in [0.25, 0.3) is 0 Å². The lowest BCUT2D eigenvalue weighted by Crippen LogP contribution is -2.20. The molecule has 2 rings (SSSR count). The van der Waals surface area contributed by atoms with E-state index in [0.29, 0.717) is 5.69 Å². The van der Waals surface area contributed by atoms with Crippen molar-refractivity contribution in [2.75, 3.05) is 5.32 Å². The minimum absolute atomic E-state index is 0.0785. The fourth-order valence-corrected chi connectivity index (χ4v) is 1.48. The summed E-state index contributed by atoms with van der Waals surface area (Å²) < 4.78 is 1.73. The summed E-state index contributed by atoms with van der Waals surface area (Å²) in [5, 5.41) is 6.73. The molecule has 94 valence electrons. The van der Waals surface area contributed by atoms with Crippen LogP contribution in [-0.4, -0.2) is 20.7 Å². The standard InChI is InChI=1S/C12H14N4O2/c1-8(2)16-7-9(5-14-16)15-12(18)10-6-13-4-3-11(10)17/h3-8H,1-2H3,(H,13,17)(H,15,18). The number of nitrogens with one attached hydrogen (secondary N) is 2. The molecule has 0 atom stereocenters. The number of H-pyrrole nitrogens is 1. The molecular formula is C12H14N4O2. The second-order valence-electron chi connectivity index (χ2n) is 4.18. The van der Waals surface area contributed by atoms with Gasteiger partial charge in [-0.05, 0) is 13.8 Å². The third-order valence-corrected chi connectivity index (χ3v) is 2.46. The molecule has 0 aromatic carbocycles. The van der Waals surface area contributed by atoms with E-state index in [4.69, 9.17) is 0 Å². The van der Waals surface area contributed by atoms with Gasteiger partial charge in [0.25, 0.3) is 5.91 Å². The number of amides is 1. The number of aromatic nitrogens is 3. The molecule has 6 nitrogen and oxygen atoms in total. The Balaban J connectivity index is 2.17. The third kappa shape index (κ3) is 2.48. The highest BCUT2D eigenvalue weighted by atomic mass is 16.2. The van der Waals surface area contributed by atoms with Gasteiger partial charge in [-0.3, -0.25) is 14.3 Å². The van der Waals surface area contributed by atoms with Crippen molar-refractivity contribution in [1.29, 1.82) is 0 Å². The molecule has 0 aliphatic carbocycles. The van der Waals surface area contributed by atoms with E-state index in [1.54, 1.807) is 17.1 Å². The number of aromatic amines is 1. The molecule has 18 heavy (non-hydrogen) atoms. The number of hydrogen-bond acceptors (Lipinski definition) is 3. The molecule has 0 saturated heterocycles. The molecule has 0 saturated carbocycles. The number of carbonyl (C=O) groups is 1. The smallest absolute Gasteiger partial charge is 0.261 e. The van der Waals surface area contributed by atoms with Crippen molar-refractivity contribution in [2.45, 2.75) is 19.9 Å². The largest absolute Gasteiger partial charge is 0.367 e. The van der Waals surface area contributed by atoms with Gasteiger partial charge in [0, 0.05) is 30.7 Å². The summed E-state index contributed by atoms with van der Waals surface area (Å²) in [5.41, 5.74) is 0.328. The van der Waals surface area contributed by atoms with Crippen LogP contribution >= 0.6 is 0 Å². The van der Waals surface area contributed by atoms with E-state index >= 15 is 0 Å². The predicted molar refractivity (Wildman–Crippen MR) is 67.6 cm³/mol. The summed E-state index contributed by atoms with van der Waals surface area (Å²) >= 11 is 0. The molecule has 0 bridgehead atoms. The van der Waals surface area contributed by atoms with Gasteiger partial charge in [-0.25, -0.2) is 0 Å². The normalized spacial score (nSPS) is 10.6. The lowest BCUT2D eigenvalue weighted by atomic mass is 10.2. The molecular weight excluding hydrogens is 232 g/mol. The zero-order chi connectivity index (χ0) is 13.1. The van der Waals surface area contributed by atoms with Gasteiger partial charge < -0.3 is 10.3 Å². The predicted octanol–water partition coefficient (Wildman–Crippen LogP) is 1.40. The Morgan fingerprint density at radius 2 is 2.28 bits per heavy atom. The van der Waals surface area contributed by atoms with Crippen LogP contribution in [0.15, 0.2) is 35.6 Å². The van der Waals surface area contributed by atoms with E-state index < -0.39 is 5.91 Å². The van der Waals surface area contributed by atoms with Crippen molar-refractivity contribution in [3.8, 4) is 0 Å². The first kappa shape index (κ1) is 12.1. The summed E-state index contributed by atoms with van der Waals surface area (Å²) in [7, 11) is 0. The molecule has 0 spiro atoms. The molecule has 0 fully saturated rings. The van der Waals surface area contributed by atoms with Crippen molar-refractivity contribution in [1.82, 2.24) is 14.8 Å². The van der Waals surface area contributed by atoms with Crippen LogP contribution in [0, 0.1) is 0 Å². The Kier molecular flexibility index (Phi) is 3.27. The number of carbonyl (C=O) groups excluding carboxylic acids is 1. The minimum Gasteiger partial charge on any atom is -0.367 e. The minimum atomic E-state index is -0.444. The van der Waals surface area contributed by atoms with Gasteiger partial charge in [-0.1, -0.05) is 0 Å². The molecule has 6 heteroatoms. The zero-order valence-corrected chi connectivity index (χ0v) is 10.2. The second kappa shape index (κ2) is 4.87. The van der Waals surface area contributed by atoms with Gasteiger partial charge >= 0.3 is 0 Å². The first-order chi connectivity index (χ1) is 8.58. The molecule has 2 N–H and O–H groups in total. The van der Waals surface area contributed by atoms with Crippen molar-refractivity contribution >= 4 is 11.6 Å². The van der Waals surface area contributed by atoms with Crippen molar-refractivity contribution in [2.24, 2.45) is 0 Å². The van der Waals surface area contributed by atoms with E-state index in [9.17, 15) is 9.59 Å². The van der Waals surface area contributed by atoms with Gasteiger partial charge in [0.15, 0.2) is 5.43 Å². The van der Waals surface area contributed by atoms with E-state index in [0.717, 1.165) is 0 Å². The van der Waals surface area contributed by atoms with Crippen LogP contribution in [-0.2, 0) is 0 Å². The molecule has 1 amide bonds. The molecule has 2 aromatic heterocycles. The summed E-state index contributed by atoms with van der Waals surface area (Å²) in [5.74, 6) is -0.444. The Morgan fingerprint density at radius 1 is 1.50 bits per heavy atom. The van der Waals surface area contributed by atoms with E-state index in [1.807, 2.05) is 13.8 Å². The van der Waals surface area contributed by atoms with E-state index in [-0.39, 0.29) is 17.0 Å². The lowest BCUT2D eigenvalue weighted by Gasteiger charge is -2.03. The van der Waals surface area contributed by atoms with Crippen molar-refractivity contribution in [3.63, 3.8) is 0 Å². The average molecular weight is 246 g/mol. The Bertz CT molecular complexity index is 612. The topological polar surface area (TPSA) is 79.8 Å². The highest BCUT2D eigenvalue weighted by Crippen LogP contribution is 2.10. The van der Waals surface area contributed by atoms with Gasteiger partial charge in [0.2, 0.25) is 0 Å². The number of nitrogens with zero attached hydrogens (tertiary/aromatic N) is 2. The molecule has 0 unspecified atom stereocenters. The Morgan fingerprint density at radius 3 is 2.89 bits per heavy atom. The fraction of sp³-hybridized carbons (Fsp3) is 0.250. The summed E-state index contributed by atoms with van der Waals surface area (Å²) in [4.78, 5) is 26.0. The van der Waals surface area contributed by atoms with Crippen molar-refractivity contribution in [3.05, 3.63) is 46.6 Å². The van der Waals surface area contributed by atoms with Gasteiger partial charge in [-0.2, -0.15) is 5.10 Å². The highest BCUT2D eigenvalue weighted by molar-refractivity contribution is 6.03. The van der Waals surface area contributed by atoms with Crippen LogP contribution in [0.4, 0.5) is 5.69 Å². The van der Waals surface area contributed by atoms with Crippen LogP contribution in [0.1, 0.15) is 30.2 Å². The van der Waals surface area contributed by atoms with E-state index in [1.165, 1.54) is 18.5 Å². The Hall–Kier alpha value is -2.37. The number of pyridine rings is 1. The maximum absolute atomic E-state index is 11.8. The quantitative estimate of drug-likeness (QED) is 0.859. The second-order valence-corrected chi connectivity index (χ2v) is 4.18. The number of rotatable bonds is 3. The van der Waals surface area contributed by atoms with Crippen LogP contribution in [0.5, 0.6) is 0 Å². The fourth-order valence-electron chi connectivity index (χ4n) is 1.48. The maximum atomic E-state index is 11.8. The van der Waals surface area contributed by atoms with Crippen LogP contribution < -0.4 is 10.7 Å². The average Bonchev–Trinajstić information content (AvgIpc) is 2.78. The summed E-state index contributed by atoms with van der Waals surface area (Å²) in [6.45, 7) is 3.97. The molecule has 2 heterocycles. The zero-order valence-electron chi connectivity index (χ0n) is 10.2. The molecule has 0 radical (unpaired) electrons. The lowest BCUT2D eigenvalue weighted by molar-refractivity contribution is 0.102. The van der Waals surface area contributed by atoms with Crippen LogP contribution in [0.3, 0.4) is 0 Å². The molecule has 2 aromatic rings. The number of hydrogen-bond donors (Lipinski definition) is 2. The molecule has 0 aliphatic rings. The third-order valence-electron chi connectivity index (χ3n) is 2.46. The monoisotopic (exact) mass is 246 g/mol. The van der Waals surface area contributed by atoms with Gasteiger partial charge in [0.1, 0.15) is 5.56 Å². The van der Waals surface area contributed by atoms with Crippen LogP contribution in [0.2, 0.25) is 0 Å². The highest BCUT2D eigenvalue weighted by Gasteiger charge is 2.11. The summed E-state index contributed by atoms with van der Waals surface area (Å²) in [6, 6.07) is 1.53. The molecule has 0 aliphatic heterocycles. The Labute approximate surface area is 104 Å². The van der Waals surface area contributed by atoms with Crippen molar-refractivity contribution < 1.29 is 4.79 Å². The van der Waals surface area contributed by atoms with E-state index in [2.05, 4.69) is 15.4 Å². The van der Waals surface area contributed by atoms with Gasteiger partial charge in [-0.15, -0.1) is 0 Å². The number of anilines is 1.